The van der Waals surface area contributed by atoms with E-state index >= 15 is 0 Å². The Bertz CT molecular complexity index is 2010. The molecule has 0 saturated heterocycles. The zero-order valence-corrected chi connectivity index (χ0v) is 27.9. The molecule has 0 radical (unpaired) electrons. The van der Waals surface area contributed by atoms with Gasteiger partial charge in [-0.2, -0.15) is 0 Å². The van der Waals surface area contributed by atoms with Crippen molar-refractivity contribution < 1.29 is 14.6 Å². The molecule has 5 aromatic carbocycles. The molecule has 1 aromatic heterocycles. The zero-order valence-electron chi connectivity index (χ0n) is 26.4. The van der Waals surface area contributed by atoms with Gasteiger partial charge < -0.3 is 14.4 Å². The predicted octanol–water partition coefficient (Wildman–Crippen LogP) is 11.0. The van der Waals surface area contributed by atoms with Crippen LogP contribution in [0.3, 0.4) is 0 Å². The Morgan fingerprint density at radius 3 is 1.91 bits per heavy atom. The minimum atomic E-state index is -0.950. The number of ether oxygens (including phenoxy) is 1. The van der Waals surface area contributed by atoms with E-state index in [0.717, 1.165) is 50.8 Å². The number of hydrogen-bond acceptors (Lipinski definition) is 3. The van der Waals surface area contributed by atoms with Crippen LogP contribution >= 0.6 is 23.2 Å². The first kappa shape index (κ1) is 32.1. The summed E-state index contributed by atoms with van der Waals surface area (Å²) in [6, 6.07) is 37.1. The van der Waals surface area contributed by atoms with Crippen LogP contribution in [0.4, 0.5) is 0 Å². The van der Waals surface area contributed by atoms with Crippen molar-refractivity contribution in [3.05, 3.63) is 160 Å². The molecule has 0 bridgehead atoms. The molecule has 6 rings (SSSR count). The van der Waals surface area contributed by atoms with E-state index in [9.17, 15) is 9.90 Å². The van der Waals surface area contributed by atoms with E-state index in [2.05, 4.69) is 73.9 Å². The summed E-state index contributed by atoms with van der Waals surface area (Å²) in [5, 5.41) is 10.4. The van der Waals surface area contributed by atoms with Crippen molar-refractivity contribution in [3.8, 4) is 33.9 Å². The summed E-state index contributed by atoms with van der Waals surface area (Å²) < 4.78 is 8.17. The molecule has 6 aromatic rings. The van der Waals surface area contributed by atoms with Crippen LogP contribution < -0.4 is 4.74 Å². The largest absolute Gasteiger partial charge is 0.478 e. The molecule has 236 valence electrons. The molecule has 0 aliphatic carbocycles. The molecule has 0 spiro atoms. The second kappa shape index (κ2) is 13.5. The lowest BCUT2D eigenvalue weighted by Gasteiger charge is -2.19. The van der Waals surface area contributed by atoms with Gasteiger partial charge in [-0.15, -0.1) is 0 Å². The van der Waals surface area contributed by atoms with Crippen LogP contribution in [0, 0.1) is 0 Å². The summed E-state index contributed by atoms with van der Waals surface area (Å²) in [7, 11) is 0. The fourth-order valence-electron chi connectivity index (χ4n) is 5.38. The molecule has 0 aliphatic heterocycles. The Kier molecular flexibility index (Phi) is 9.21. The minimum absolute atomic E-state index is 0.100. The quantitative estimate of drug-likeness (QED) is 0.167. The Balaban J connectivity index is 1.19. The van der Waals surface area contributed by atoms with Crippen LogP contribution in [-0.4, -0.2) is 20.6 Å². The number of halogens is 2. The third-order valence-corrected chi connectivity index (χ3v) is 8.63. The third kappa shape index (κ3) is 7.76. The third-order valence-electron chi connectivity index (χ3n) is 8.08. The number of aromatic carboxylic acids is 1. The molecule has 0 fully saturated rings. The highest BCUT2D eigenvalue weighted by Crippen LogP contribution is 2.32. The van der Waals surface area contributed by atoms with Crippen molar-refractivity contribution >= 4 is 29.2 Å². The first-order valence-corrected chi connectivity index (χ1v) is 16.1. The second-order valence-corrected chi connectivity index (χ2v) is 13.4. The van der Waals surface area contributed by atoms with Crippen molar-refractivity contribution in [2.45, 2.75) is 39.2 Å². The molecule has 0 amide bonds. The summed E-state index contributed by atoms with van der Waals surface area (Å²) in [6.45, 7) is 7.13. The van der Waals surface area contributed by atoms with Gasteiger partial charge in [0.25, 0.3) is 0 Å². The molecule has 0 unspecified atom stereocenters. The molecule has 0 atom stereocenters. The van der Waals surface area contributed by atoms with Gasteiger partial charge in [-0.25, -0.2) is 9.78 Å². The molecule has 0 aliphatic rings. The first-order chi connectivity index (χ1) is 22.5. The summed E-state index contributed by atoms with van der Waals surface area (Å²) in [5.74, 6) is 1.51. The van der Waals surface area contributed by atoms with Crippen LogP contribution in [0.1, 0.15) is 53.6 Å². The van der Waals surface area contributed by atoms with Gasteiger partial charge in [0.1, 0.15) is 17.3 Å². The van der Waals surface area contributed by atoms with E-state index in [1.807, 2.05) is 48.7 Å². The number of carboxylic acids is 1. The number of rotatable bonds is 9. The van der Waals surface area contributed by atoms with Gasteiger partial charge >= 0.3 is 5.97 Å². The Morgan fingerprint density at radius 1 is 0.766 bits per heavy atom. The van der Waals surface area contributed by atoms with E-state index in [1.165, 1.54) is 5.56 Å². The smallest absolute Gasteiger partial charge is 0.335 e. The summed E-state index contributed by atoms with van der Waals surface area (Å²) in [5.41, 5.74) is 7.43. The fraction of sp³-hybridized carbons (Fsp3) is 0.150. The Morgan fingerprint density at radius 2 is 1.34 bits per heavy atom. The lowest BCUT2D eigenvalue weighted by Crippen LogP contribution is -2.10. The van der Waals surface area contributed by atoms with Crippen molar-refractivity contribution in [1.29, 1.82) is 0 Å². The number of aromatic nitrogens is 2. The highest BCUT2D eigenvalue weighted by atomic mass is 35.5. The van der Waals surface area contributed by atoms with Crippen molar-refractivity contribution in [1.82, 2.24) is 9.55 Å². The summed E-state index contributed by atoms with van der Waals surface area (Å²) in [6.07, 6.45) is 2.58. The van der Waals surface area contributed by atoms with E-state index in [1.54, 1.807) is 24.3 Å². The fourth-order valence-corrected chi connectivity index (χ4v) is 5.89. The molecular formula is C40H34Cl2N2O3. The van der Waals surface area contributed by atoms with Crippen LogP contribution in [-0.2, 0) is 18.4 Å². The highest BCUT2D eigenvalue weighted by molar-refractivity contribution is 6.36. The topological polar surface area (TPSA) is 64.4 Å². The van der Waals surface area contributed by atoms with Crippen molar-refractivity contribution in [2.24, 2.45) is 0 Å². The standard InChI is InChI=1S/C40H34Cl2N2O3/c1-40(2,3)31-14-19-34(20-15-31)47-33-17-12-29(13-18-33)28-8-4-26(5-9-28)22-38-43-37(35-21-16-32(41)23-36(35)42)25-44(38)24-27-6-10-30(11-7-27)39(45)46/h4-21,23,25H,22,24H2,1-3H3,(H,45,46). The molecule has 1 N–H and O–H groups in total. The Labute approximate surface area is 285 Å². The SMILES string of the molecule is CC(C)(C)c1ccc(Oc2ccc(-c3ccc(Cc4nc(-c5ccc(Cl)cc5Cl)cn4Cc4ccc(C(=O)O)cc4)cc3)cc2)cc1. The van der Waals surface area contributed by atoms with Gasteiger partial charge in [-0.3, -0.25) is 0 Å². The van der Waals surface area contributed by atoms with E-state index in [4.69, 9.17) is 32.9 Å². The van der Waals surface area contributed by atoms with E-state index < -0.39 is 5.97 Å². The van der Waals surface area contributed by atoms with Crippen LogP contribution in [0.5, 0.6) is 11.5 Å². The van der Waals surface area contributed by atoms with E-state index in [-0.39, 0.29) is 11.0 Å². The highest BCUT2D eigenvalue weighted by Gasteiger charge is 2.15. The molecular weight excluding hydrogens is 627 g/mol. The number of carboxylic acid groups (broad SMARTS) is 1. The first-order valence-electron chi connectivity index (χ1n) is 15.3. The predicted molar refractivity (Wildman–Crippen MR) is 190 cm³/mol. The van der Waals surface area contributed by atoms with Gasteiger partial charge in [-0.05, 0) is 87.8 Å². The maximum Gasteiger partial charge on any atom is 0.335 e. The van der Waals surface area contributed by atoms with Crippen LogP contribution in [0.15, 0.2) is 121 Å². The number of carbonyl (C=O) groups is 1. The van der Waals surface area contributed by atoms with Gasteiger partial charge in [-0.1, -0.05) is 105 Å². The molecule has 0 saturated carbocycles. The lowest BCUT2D eigenvalue weighted by molar-refractivity contribution is 0.0697. The molecule has 1 heterocycles. The van der Waals surface area contributed by atoms with Crippen LogP contribution in [0.25, 0.3) is 22.4 Å². The molecule has 5 nitrogen and oxygen atoms in total. The number of hydrogen-bond donors (Lipinski definition) is 1. The maximum atomic E-state index is 11.3. The number of benzene rings is 5. The summed E-state index contributed by atoms with van der Waals surface area (Å²) in [4.78, 5) is 16.3. The zero-order chi connectivity index (χ0) is 33.1. The van der Waals surface area contributed by atoms with E-state index in [0.29, 0.717) is 23.0 Å². The van der Waals surface area contributed by atoms with Gasteiger partial charge in [0.2, 0.25) is 0 Å². The number of nitrogens with zero attached hydrogens (tertiary/aromatic N) is 2. The Hall–Kier alpha value is -4.84. The van der Waals surface area contributed by atoms with Gasteiger partial charge in [0.15, 0.2) is 0 Å². The summed E-state index contributed by atoms with van der Waals surface area (Å²) >= 11 is 12.7. The van der Waals surface area contributed by atoms with Gasteiger partial charge in [0.05, 0.1) is 16.3 Å². The van der Waals surface area contributed by atoms with Crippen molar-refractivity contribution in [2.75, 3.05) is 0 Å². The molecule has 7 heteroatoms. The maximum absolute atomic E-state index is 11.3. The average Bonchev–Trinajstić information content (AvgIpc) is 3.43. The second-order valence-electron chi connectivity index (χ2n) is 12.6. The minimum Gasteiger partial charge on any atom is -0.478 e. The lowest BCUT2D eigenvalue weighted by atomic mass is 9.87. The van der Waals surface area contributed by atoms with Crippen LogP contribution in [0.2, 0.25) is 10.0 Å². The monoisotopic (exact) mass is 660 g/mol. The normalized spacial score (nSPS) is 11.4. The van der Waals surface area contributed by atoms with Crippen molar-refractivity contribution in [3.63, 3.8) is 0 Å². The van der Waals surface area contributed by atoms with Gasteiger partial charge in [0, 0.05) is 29.7 Å². The molecule has 47 heavy (non-hydrogen) atoms. The number of imidazole rings is 1. The average molecular weight is 662 g/mol.